The fourth-order valence-corrected chi connectivity index (χ4v) is 2.99. The summed E-state index contributed by atoms with van der Waals surface area (Å²) in [7, 11) is 0. The van der Waals surface area contributed by atoms with Crippen LogP contribution in [0.4, 0.5) is 5.69 Å². The maximum Gasteiger partial charge on any atom is 0.328 e. The topological polar surface area (TPSA) is 108 Å². The van der Waals surface area contributed by atoms with E-state index in [0.29, 0.717) is 18.7 Å². The van der Waals surface area contributed by atoms with Gasteiger partial charge in [0, 0.05) is 18.7 Å². The van der Waals surface area contributed by atoms with Crippen LogP contribution in [-0.4, -0.2) is 44.6 Å². The molecule has 9 nitrogen and oxygen atoms in total. The molecule has 1 heterocycles. The van der Waals surface area contributed by atoms with Gasteiger partial charge in [-0.25, -0.2) is 0 Å². The molecule has 1 aromatic heterocycles. The Balaban J connectivity index is 2.25. The number of carbonyl (C=O) groups excluding carboxylic acids is 2. The number of aromatic nitrogens is 2. The molecule has 2 aromatic rings. The Kier molecular flexibility index (Phi) is 6.86. The maximum atomic E-state index is 12.8. The van der Waals surface area contributed by atoms with Gasteiger partial charge >= 0.3 is 11.7 Å². The Hall–Kier alpha value is -3.23. The Morgan fingerprint density at radius 1 is 1.21 bits per heavy atom. The lowest BCUT2D eigenvalue weighted by Gasteiger charge is -2.25. The molecule has 0 bridgehead atoms. The van der Waals surface area contributed by atoms with Crippen molar-refractivity contribution in [3.8, 4) is 0 Å². The van der Waals surface area contributed by atoms with Crippen molar-refractivity contribution < 1.29 is 19.2 Å². The van der Waals surface area contributed by atoms with E-state index in [4.69, 9.17) is 4.74 Å². The molecular weight excluding hydrogens is 364 g/mol. The molecule has 0 spiro atoms. The maximum absolute atomic E-state index is 12.8. The zero-order chi connectivity index (χ0) is 20.8. The Morgan fingerprint density at radius 3 is 2.32 bits per heavy atom. The smallest absolute Gasteiger partial charge is 0.328 e. The number of rotatable bonds is 8. The molecule has 0 saturated carbocycles. The lowest BCUT2D eigenvalue weighted by Crippen LogP contribution is -2.37. The zero-order valence-corrected chi connectivity index (χ0v) is 16.4. The quantitative estimate of drug-likeness (QED) is 0.391. The van der Waals surface area contributed by atoms with E-state index in [1.807, 2.05) is 13.8 Å². The van der Waals surface area contributed by atoms with Gasteiger partial charge in [-0.2, -0.15) is 5.10 Å². The first-order valence-electron chi connectivity index (χ1n) is 9.01. The van der Waals surface area contributed by atoms with Crippen LogP contribution in [0.5, 0.6) is 0 Å². The SMILES string of the molecule is CCN(CC)C(=O)[C@@H](OC(=O)Cn1nc(C)c([N+](=O)[O-])c1C)c1ccccc1. The van der Waals surface area contributed by atoms with Gasteiger partial charge in [-0.1, -0.05) is 30.3 Å². The second-order valence-corrected chi connectivity index (χ2v) is 6.23. The van der Waals surface area contributed by atoms with Gasteiger partial charge < -0.3 is 9.64 Å². The van der Waals surface area contributed by atoms with Crippen molar-refractivity contribution in [3.05, 3.63) is 57.4 Å². The van der Waals surface area contributed by atoms with Crippen LogP contribution in [0, 0.1) is 24.0 Å². The van der Waals surface area contributed by atoms with E-state index in [1.165, 1.54) is 18.5 Å². The van der Waals surface area contributed by atoms with Crippen molar-refractivity contribution in [1.29, 1.82) is 0 Å². The highest BCUT2D eigenvalue weighted by atomic mass is 16.6. The molecule has 0 fully saturated rings. The number of hydrogen-bond acceptors (Lipinski definition) is 6. The van der Waals surface area contributed by atoms with Gasteiger partial charge in [0.25, 0.3) is 5.91 Å². The number of benzene rings is 1. The number of aryl methyl sites for hydroxylation is 1. The van der Waals surface area contributed by atoms with Crippen molar-refractivity contribution >= 4 is 17.6 Å². The van der Waals surface area contributed by atoms with E-state index < -0.39 is 17.0 Å². The third kappa shape index (κ3) is 4.54. The zero-order valence-electron chi connectivity index (χ0n) is 16.4. The monoisotopic (exact) mass is 388 g/mol. The van der Waals surface area contributed by atoms with Gasteiger partial charge in [0.15, 0.2) is 0 Å². The molecule has 0 N–H and O–H groups in total. The van der Waals surface area contributed by atoms with Gasteiger partial charge in [0.1, 0.15) is 17.9 Å². The summed E-state index contributed by atoms with van der Waals surface area (Å²) in [6.07, 6.45) is -1.08. The molecule has 9 heteroatoms. The summed E-state index contributed by atoms with van der Waals surface area (Å²) >= 11 is 0. The number of esters is 1. The Labute approximate surface area is 163 Å². The highest BCUT2D eigenvalue weighted by Gasteiger charge is 2.29. The average Bonchev–Trinajstić information content (AvgIpc) is 2.94. The van der Waals surface area contributed by atoms with Gasteiger partial charge in [0.2, 0.25) is 6.10 Å². The highest BCUT2D eigenvalue weighted by molar-refractivity contribution is 5.85. The molecular formula is C19H24N4O5. The normalized spacial score (nSPS) is 11.7. The van der Waals surface area contributed by atoms with Crippen LogP contribution in [0.1, 0.15) is 36.9 Å². The molecule has 0 aliphatic carbocycles. The molecule has 0 radical (unpaired) electrons. The van der Waals surface area contributed by atoms with Crippen molar-refractivity contribution in [2.24, 2.45) is 0 Å². The lowest BCUT2D eigenvalue weighted by atomic mass is 10.1. The van der Waals surface area contributed by atoms with E-state index in [-0.39, 0.29) is 29.5 Å². The van der Waals surface area contributed by atoms with Gasteiger partial charge in [0.05, 0.1) is 4.92 Å². The standard InChI is InChI=1S/C19H24N4O5/c1-5-21(6-2)19(25)18(15-10-8-7-9-11-15)28-16(24)12-22-14(4)17(23(26)27)13(3)20-22/h7-11,18H,5-6,12H2,1-4H3/t18-/m0/s1. The molecule has 1 aromatic carbocycles. The minimum absolute atomic E-state index is 0.133. The average molecular weight is 388 g/mol. The van der Waals surface area contributed by atoms with Crippen molar-refractivity contribution in [1.82, 2.24) is 14.7 Å². The number of carbonyl (C=O) groups is 2. The molecule has 28 heavy (non-hydrogen) atoms. The van der Waals surface area contributed by atoms with Crippen LogP contribution >= 0.6 is 0 Å². The third-order valence-electron chi connectivity index (χ3n) is 4.46. The number of amides is 1. The molecule has 0 aliphatic heterocycles. The van der Waals surface area contributed by atoms with Crippen molar-refractivity contribution in [3.63, 3.8) is 0 Å². The minimum atomic E-state index is -1.08. The molecule has 1 amide bonds. The lowest BCUT2D eigenvalue weighted by molar-refractivity contribution is -0.386. The fraction of sp³-hybridized carbons (Fsp3) is 0.421. The molecule has 150 valence electrons. The summed E-state index contributed by atoms with van der Waals surface area (Å²) in [5, 5.41) is 15.2. The summed E-state index contributed by atoms with van der Waals surface area (Å²) in [5.41, 5.74) is 0.902. The van der Waals surface area contributed by atoms with Gasteiger partial charge in [-0.15, -0.1) is 0 Å². The number of likely N-dealkylation sites (N-methyl/N-ethyl adjacent to an activating group) is 1. The Morgan fingerprint density at radius 2 is 1.82 bits per heavy atom. The molecule has 1 atom stereocenters. The van der Waals surface area contributed by atoms with Crippen LogP contribution in [0.3, 0.4) is 0 Å². The van der Waals surface area contributed by atoms with Gasteiger partial charge in [-0.05, 0) is 27.7 Å². The van der Waals surface area contributed by atoms with E-state index in [9.17, 15) is 19.7 Å². The molecule has 0 unspecified atom stereocenters. The van der Waals surface area contributed by atoms with E-state index in [1.54, 1.807) is 35.2 Å². The number of ether oxygens (including phenoxy) is 1. The van der Waals surface area contributed by atoms with Crippen molar-refractivity contribution in [2.75, 3.05) is 13.1 Å². The van der Waals surface area contributed by atoms with E-state index in [0.717, 1.165) is 0 Å². The summed E-state index contributed by atoms with van der Waals surface area (Å²) in [6, 6.07) is 8.76. The summed E-state index contributed by atoms with van der Waals surface area (Å²) in [5.74, 6) is -1.02. The summed E-state index contributed by atoms with van der Waals surface area (Å²) in [6.45, 7) is 7.36. The van der Waals surface area contributed by atoms with Crippen LogP contribution in [0.2, 0.25) is 0 Å². The van der Waals surface area contributed by atoms with Crippen molar-refractivity contribution in [2.45, 2.75) is 40.3 Å². The molecule has 2 rings (SSSR count). The number of nitrogens with zero attached hydrogens (tertiary/aromatic N) is 4. The number of hydrogen-bond donors (Lipinski definition) is 0. The first-order valence-corrected chi connectivity index (χ1v) is 9.01. The summed E-state index contributed by atoms with van der Waals surface area (Å²) < 4.78 is 6.71. The second-order valence-electron chi connectivity index (χ2n) is 6.23. The predicted octanol–water partition coefficient (Wildman–Crippen LogP) is 2.56. The van der Waals surface area contributed by atoms with Crippen LogP contribution in [-0.2, 0) is 20.9 Å². The molecule has 0 saturated heterocycles. The third-order valence-corrected chi connectivity index (χ3v) is 4.46. The van der Waals surface area contributed by atoms with Crippen LogP contribution in [0.25, 0.3) is 0 Å². The van der Waals surface area contributed by atoms with E-state index in [2.05, 4.69) is 5.10 Å². The van der Waals surface area contributed by atoms with Crippen LogP contribution in [0.15, 0.2) is 30.3 Å². The Bertz CT molecular complexity index is 859. The van der Waals surface area contributed by atoms with Crippen LogP contribution < -0.4 is 0 Å². The molecule has 0 aliphatic rings. The highest BCUT2D eigenvalue weighted by Crippen LogP contribution is 2.23. The predicted molar refractivity (Wildman–Crippen MR) is 102 cm³/mol. The minimum Gasteiger partial charge on any atom is -0.446 e. The first kappa shape index (κ1) is 21.1. The number of nitro groups is 1. The summed E-state index contributed by atoms with van der Waals surface area (Å²) in [4.78, 5) is 37.5. The van der Waals surface area contributed by atoms with Gasteiger partial charge in [-0.3, -0.25) is 24.4 Å². The van der Waals surface area contributed by atoms with E-state index >= 15 is 0 Å². The second kappa shape index (κ2) is 9.12. The fourth-order valence-electron chi connectivity index (χ4n) is 2.99. The first-order chi connectivity index (χ1) is 13.3. The largest absolute Gasteiger partial charge is 0.446 e.